The predicted octanol–water partition coefficient (Wildman–Crippen LogP) is 2.95. The third-order valence-corrected chi connectivity index (χ3v) is 5.43. The molecular weight excluding hydrogens is 394 g/mol. The lowest BCUT2D eigenvalue weighted by molar-refractivity contribution is -0.130. The molecule has 0 aromatic carbocycles. The molecule has 0 radical (unpaired) electrons. The van der Waals surface area contributed by atoms with Gasteiger partial charge in [-0.15, -0.1) is 0 Å². The zero-order valence-electron chi connectivity index (χ0n) is 16.4. The monoisotopic (exact) mass is 415 g/mol. The molecule has 1 fully saturated rings. The van der Waals surface area contributed by atoms with Crippen LogP contribution in [0.1, 0.15) is 18.5 Å². The second-order valence-electron chi connectivity index (χ2n) is 7.16. The van der Waals surface area contributed by atoms with Gasteiger partial charge in [0.1, 0.15) is 11.8 Å². The van der Waals surface area contributed by atoms with Crippen molar-refractivity contribution in [3.05, 3.63) is 35.8 Å². The van der Waals surface area contributed by atoms with Crippen molar-refractivity contribution < 1.29 is 9.53 Å². The number of fused-ring (bicyclic) bond motifs is 1. The smallest absolute Gasteiger partial charge is 0.245 e. The van der Waals surface area contributed by atoms with Crippen LogP contribution in [0.3, 0.4) is 0 Å². The van der Waals surface area contributed by atoms with Crippen molar-refractivity contribution in [2.75, 3.05) is 12.4 Å². The van der Waals surface area contributed by atoms with Crippen molar-refractivity contribution in [1.29, 1.82) is 0 Å². The standard InChI is InChI=1S/C19H22ClN7O2/c1-5-15(28)27(4)11-6-12(7-11)29-18-16-13(20)8-21-17(16)23-19(24-18)22-14-9-26(3)25-10(14)2/h5,8-9,11-12H,1,6-7H2,2-4H3,(H2,21,22,23,24). The lowest BCUT2D eigenvalue weighted by atomic mass is 9.88. The summed E-state index contributed by atoms with van der Waals surface area (Å²) >= 11 is 6.31. The van der Waals surface area contributed by atoms with Crippen molar-refractivity contribution in [2.24, 2.45) is 7.05 Å². The Labute approximate surface area is 172 Å². The maximum Gasteiger partial charge on any atom is 0.245 e. The molecule has 3 heterocycles. The number of halogens is 1. The first-order chi connectivity index (χ1) is 13.9. The Morgan fingerprint density at radius 3 is 2.90 bits per heavy atom. The van der Waals surface area contributed by atoms with E-state index in [0.29, 0.717) is 40.7 Å². The minimum atomic E-state index is -0.0927. The number of amides is 1. The van der Waals surface area contributed by atoms with Gasteiger partial charge >= 0.3 is 0 Å². The SMILES string of the molecule is C=CC(=O)N(C)C1CC(Oc2nc(Nc3cn(C)nc3C)nc3[nH]cc(Cl)c23)C1. The molecule has 152 valence electrons. The second kappa shape index (κ2) is 7.40. The van der Waals surface area contributed by atoms with E-state index in [4.69, 9.17) is 16.3 Å². The Morgan fingerprint density at radius 2 is 2.24 bits per heavy atom. The van der Waals surface area contributed by atoms with Crippen molar-refractivity contribution in [3.63, 3.8) is 0 Å². The summed E-state index contributed by atoms with van der Waals surface area (Å²) in [5.74, 6) is 0.702. The highest BCUT2D eigenvalue weighted by Gasteiger charge is 2.36. The molecule has 0 unspecified atom stereocenters. The minimum absolute atomic E-state index is 0.0582. The van der Waals surface area contributed by atoms with Gasteiger partial charge in [-0.2, -0.15) is 15.1 Å². The Morgan fingerprint density at radius 1 is 1.48 bits per heavy atom. The van der Waals surface area contributed by atoms with Crippen LogP contribution in [0, 0.1) is 6.92 Å². The number of ether oxygens (including phenoxy) is 1. The topological polar surface area (TPSA) is 101 Å². The molecule has 9 nitrogen and oxygen atoms in total. The van der Waals surface area contributed by atoms with Gasteiger partial charge in [0.2, 0.25) is 17.7 Å². The van der Waals surface area contributed by atoms with Gasteiger partial charge in [0.05, 0.1) is 21.8 Å². The van der Waals surface area contributed by atoms with Gasteiger partial charge in [0.25, 0.3) is 0 Å². The van der Waals surface area contributed by atoms with Crippen LogP contribution < -0.4 is 10.1 Å². The fourth-order valence-electron chi connectivity index (χ4n) is 3.38. The molecule has 1 amide bonds. The Hall–Kier alpha value is -3.07. The summed E-state index contributed by atoms with van der Waals surface area (Å²) in [5.41, 5.74) is 2.22. The molecule has 29 heavy (non-hydrogen) atoms. The minimum Gasteiger partial charge on any atom is -0.474 e. The largest absolute Gasteiger partial charge is 0.474 e. The maximum absolute atomic E-state index is 11.8. The summed E-state index contributed by atoms with van der Waals surface area (Å²) in [7, 11) is 3.62. The molecule has 3 aromatic rings. The molecular formula is C19H22ClN7O2. The van der Waals surface area contributed by atoms with Crippen LogP contribution in [0.5, 0.6) is 5.88 Å². The first-order valence-electron chi connectivity index (χ1n) is 9.23. The lowest BCUT2D eigenvalue weighted by Crippen LogP contribution is -2.49. The molecule has 1 aliphatic carbocycles. The predicted molar refractivity (Wildman–Crippen MR) is 111 cm³/mol. The third kappa shape index (κ3) is 3.65. The maximum atomic E-state index is 11.8. The van der Waals surface area contributed by atoms with Gasteiger partial charge in [0.15, 0.2) is 0 Å². The molecule has 4 rings (SSSR count). The molecule has 1 saturated carbocycles. The number of likely N-dealkylation sites (N-methyl/N-ethyl adjacent to an activating group) is 1. The van der Waals surface area contributed by atoms with Crippen LogP contribution in [0.2, 0.25) is 5.02 Å². The molecule has 0 saturated heterocycles. The lowest BCUT2D eigenvalue weighted by Gasteiger charge is -2.40. The quantitative estimate of drug-likeness (QED) is 0.600. The van der Waals surface area contributed by atoms with E-state index in [1.54, 1.807) is 22.8 Å². The van der Waals surface area contributed by atoms with Crippen LogP contribution in [0.25, 0.3) is 11.0 Å². The van der Waals surface area contributed by atoms with E-state index in [-0.39, 0.29) is 18.1 Å². The fraction of sp³-hybridized carbons (Fsp3) is 0.368. The molecule has 0 aliphatic heterocycles. The van der Waals surface area contributed by atoms with Crippen LogP contribution in [-0.4, -0.2) is 54.7 Å². The highest BCUT2D eigenvalue weighted by Crippen LogP contribution is 2.35. The number of anilines is 2. The summed E-state index contributed by atoms with van der Waals surface area (Å²) in [5, 5.41) is 8.63. The van der Waals surface area contributed by atoms with E-state index in [2.05, 4.69) is 31.9 Å². The molecule has 10 heteroatoms. The van der Waals surface area contributed by atoms with E-state index < -0.39 is 0 Å². The number of aromatic nitrogens is 5. The van der Waals surface area contributed by atoms with Crippen molar-refractivity contribution in [3.8, 4) is 5.88 Å². The molecule has 2 N–H and O–H groups in total. The number of H-pyrrole nitrogens is 1. The first-order valence-corrected chi connectivity index (χ1v) is 9.61. The van der Waals surface area contributed by atoms with Crippen molar-refractivity contribution in [1.82, 2.24) is 29.6 Å². The molecule has 0 bridgehead atoms. The van der Waals surface area contributed by atoms with E-state index in [1.165, 1.54) is 6.08 Å². The number of nitrogens with zero attached hydrogens (tertiary/aromatic N) is 5. The number of hydrogen-bond donors (Lipinski definition) is 2. The van der Waals surface area contributed by atoms with Crippen LogP contribution in [0.4, 0.5) is 11.6 Å². The summed E-state index contributed by atoms with van der Waals surface area (Å²) < 4.78 is 7.85. The first kappa shape index (κ1) is 19.3. The van der Waals surface area contributed by atoms with Crippen molar-refractivity contribution in [2.45, 2.75) is 31.9 Å². The number of rotatable bonds is 6. The van der Waals surface area contributed by atoms with Gasteiger partial charge in [-0.3, -0.25) is 9.48 Å². The van der Waals surface area contributed by atoms with Crippen LogP contribution >= 0.6 is 11.6 Å². The molecule has 0 spiro atoms. The number of carbonyl (C=O) groups is 1. The molecule has 3 aromatic heterocycles. The van der Waals surface area contributed by atoms with E-state index in [9.17, 15) is 4.79 Å². The van der Waals surface area contributed by atoms with E-state index in [1.807, 2.05) is 20.2 Å². The van der Waals surface area contributed by atoms with Gasteiger partial charge in [-0.25, -0.2) is 0 Å². The highest BCUT2D eigenvalue weighted by molar-refractivity contribution is 6.35. The average Bonchev–Trinajstić information content (AvgIpc) is 3.18. The summed E-state index contributed by atoms with van der Waals surface area (Å²) in [6.07, 6.45) is 6.21. The Kier molecular flexibility index (Phi) is 4.91. The number of aromatic amines is 1. The van der Waals surface area contributed by atoms with Crippen LogP contribution in [-0.2, 0) is 11.8 Å². The molecule has 1 aliphatic rings. The van der Waals surface area contributed by atoms with Gasteiger partial charge in [0, 0.05) is 45.4 Å². The van der Waals surface area contributed by atoms with Gasteiger partial charge < -0.3 is 19.9 Å². The Balaban J connectivity index is 1.55. The number of nitrogens with one attached hydrogen (secondary N) is 2. The number of carbonyl (C=O) groups excluding carboxylic acids is 1. The van der Waals surface area contributed by atoms with Gasteiger partial charge in [-0.05, 0) is 13.0 Å². The van der Waals surface area contributed by atoms with Crippen molar-refractivity contribution >= 4 is 40.2 Å². The second-order valence-corrected chi connectivity index (χ2v) is 7.56. The molecule has 0 atom stereocenters. The average molecular weight is 416 g/mol. The highest BCUT2D eigenvalue weighted by atomic mass is 35.5. The Bertz CT molecular complexity index is 1080. The van der Waals surface area contributed by atoms with Crippen LogP contribution in [0.15, 0.2) is 25.0 Å². The summed E-state index contributed by atoms with van der Waals surface area (Å²) in [4.78, 5) is 25.5. The third-order valence-electron chi connectivity index (χ3n) is 5.13. The fourth-order valence-corrected chi connectivity index (χ4v) is 3.60. The number of aryl methyl sites for hydroxylation is 2. The zero-order valence-corrected chi connectivity index (χ0v) is 17.2. The summed E-state index contributed by atoms with van der Waals surface area (Å²) in [6, 6.07) is 0.125. The normalized spacial score (nSPS) is 18.3. The number of hydrogen-bond acceptors (Lipinski definition) is 6. The van der Waals surface area contributed by atoms with Gasteiger partial charge in [-0.1, -0.05) is 18.2 Å². The van der Waals surface area contributed by atoms with E-state index >= 15 is 0 Å². The summed E-state index contributed by atoms with van der Waals surface area (Å²) in [6.45, 7) is 5.43. The van der Waals surface area contributed by atoms with E-state index in [0.717, 1.165) is 11.4 Å². The zero-order chi connectivity index (χ0) is 20.7.